The highest BCUT2D eigenvalue weighted by atomic mass is 19.1. The van der Waals surface area contributed by atoms with Crippen molar-refractivity contribution >= 4 is 12.1 Å². The molecule has 0 rings (SSSR count). The molecule has 0 heterocycles. The Kier molecular flexibility index (Phi) is 9.10. The van der Waals surface area contributed by atoms with Crippen molar-refractivity contribution < 1.29 is 34.4 Å². The first-order chi connectivity index (χ1) is 10.1. The fraction of sp³-hybridized carbons (Fsp3) is 0.846. The summed E-state index contributed by atoms with van der Waals surface area (Å²) in [6.45, 7) is 5.01. The van der Waals surface area contributed by atoms with Crippen LogP contribution in [0.3, 0.4) is 0 Å². The van der Waals surface area contributed by atoms with Crippen molar-refractivity contribution in [3.8, 4) is 0 Å². The van der Waals surface area contributed by atoms with Gasteiger partial charge in [-0.15, -0.1) is 0 Å². The third-order valence-electron chi connectivity index (χ3n) is 2.55. The number of amides is 1. The van der Waals surface area contributed by atoms with E-state index >= 15 is 0 Å². The Labute approximate surface area is 128 Å². The molecule has 0 aliphatic carbocycles. The first-order valence-electron chi connectivity index (χ1n) is 6.79. The number of aliphatic hydroxyl groups is 4. The van der Waals surface area contributed by atoms with Crippen LogP contribution in [0.5, 0.6) is 0 Å². The second kappa shape index (κ2) is 9.67. The lowest BCUT2D eigenvalue weighted by molar-refractivity contribution is -0.126. The topological polar surface area (TPSA) is 132 Å². The lowest BCUT2D eigenvalue weighted by atomic mass is 9.97. The van der Waals surface area contributed by atoms with Crippen LogP contribution in [-0.4, -0.2) is 76.8 Å². The van der Waals surface area contributed by atoms with Crippen LogP contribution in [-0.2, 0) is 9.63 Å². The first kappa shape index (κ1) is 20.7. The van der Waals surface area contributed by atoms with Crippen LogP contribution >= 0.6 is 0 Å². The number of carbonyl (C=O) groups excluding carboxylic acids is 1. The molecule has 0 aliphatic heterocycles. The molecule has 0 saturated heterocycles. The standard InChI is InChI=1S/C13H25FN2O6/c1-13(2,3)7-15-10(19)6-22-16-4-8(14)11(20)12(21)9(18)5-17/h4,8-9,11-12,17-18,20-21H,5-7H2,1-3H3,(H,15,19)/b16-4+. The van der Waals surface area contributed by atoms with E-state index in [0.717, 1.165) is 0 Å². The quantitative estimate of drug-likeness (QED) is 0.261. The zero-order valence-electron chi connectivity index (χ0n) is 12.9. The molecule has 5 N–H and O–H groups in total. The van der Waals surface area contributed by atoms with E-state index in [1.54, 1.807) is 0 Å². The van der Waals surface area contributed by atoms with Gasteiger partial charge in [-0.1, -0.05) is 25.9 Å². The van der Waals surface area contributed by atoms with E-state index in [1.165, 1.54) is 0 Å². The molecular formula is C13H25FN2O6. The lowest BCUT2D eigenvalue weighted by Crippen LogP contribution is -2.44. The van der Waals surface area contributed by atoms with Gasteiger partial charge in [-0.3, -0.25) is 4.79 Å². The van der Waals surface area contributed by atoms with Gasteiger partial charge in [0.2, 0.25) is 0 Å². The van der Waals surface area contributed by atoms with Crippen LogP contribution in [0.25, 0.3) is 0 Å². The maximum absolute atomic E-state index is 13.4. The highest BCUT2D eigenvalue weighted by molar-refractivity contribution is 5.77. The maximum atomic E-state index is 13.4. The summed E-state index contributed by atoms with van der Waals surface area (Å²) in [5.41, 5.74) is -0.0866. The molecule has 0 aliphatic rings. The molecule has 0 aromatic carbocycles. The minimum Gasteiger partial charge on any atom is -0.394 e. The average molecular weight is 324 g/mol. The summed E-state index contributed by atoms with van der Waals surface area (Å²) >= 11 is 0. The van der Waals surface area contributed by atoms with Gasteiger partial charge in [-0.25, -0.2) is 4.39 Å². The molecule has 0 radical (unpaired) electrons. The molecule has 0 bridgehead atoms. The highest BCUT2D eigenvalue weighted by Gasteiger charge is 2.30. The number of oxime groups is 1. The second-order valence-electron chi connectivity index (χ2n) is 6.04. The van der Waals surface area contributed by atoms with Gasteiger partial charge in [0, 0.05) is 6.54 Å². The molecule has 1 amide bonds. The largest absolute Gasteiger partial charge is 0.394 e. The average Bonchev–Trinajstić information content (AvgIpc) is 2.46. The van der Waals surface area contributed by atoms with E-state index in [0.29, 0.717) is 12.8 Å². The highest BCUT2D eigenvalue weighted by Crippen LogP contribution is 2.10. The Hall–Kier alpha value is -1.29. The molecule has 130 valence electrons. The number of rotatable bonds is 9. The van der Waals surface area contributed by atoms with Crippen molar-refractivity contribution in [1.82, 2.24) is 5.32 Å². The first-order valence-corrected chi connectivity index (χ1v) is 6.79. The van der Waals surface area contributed by atoms with Crippen LogP contribution < -0.4 is 5.32 Å². The molecule has 0 fully saturated rings. The Bertz CT molecular complexity index is 361. The molecule has 8 nitrogen and oxygen atoms in total. The number of hydrogen-bond acceptors (Lipinski definition) is 7. The molecule has 0 aromatic heterocycles. The van der Waals surface area contributed by atoms with Gasteiger partial charge in [0.15, 0.2) is 12.8 Å². The second-order valence-corrected chi connectivity index (χ2v) is 6.04. The van der Waals surface area contributed by atoms with Gasteiger partial charge < -0.3 is 30.6 Å². The molecule has 4 atom stereocenters. The number of halogens is 1. The number of aliphatic hydroxyl groups excluding tert-OH is 4. The number of hydrogen-bond donors (Lipinski definition) is 5. The third-order valence-corrected chi connectivity index (χ3v) is 2.55. The smallest absolute Gasteiger partial charge is 0.260 e. The Morgan fingerprint density at radius 3 is 2.41 bits per heavy atom. The molecule has 9 heteroatoms. The monoisotopic (exact) mass is 324 g/mol. The fourth-order valence-electron chi connectivity index (χ4n) is 1.22. The van der Waals surface area contributed by atoms with Gasteiger partial charge in [0.05, 0.1) is 12.8 Å². The number of nitrogens with zero attached hydrogens (tertiary/aromatic N) is 1. The van der Waals surface area contributed by atoms with Crippen LogP contribution in [0.1, 0.15) is 20.8 Å². The van der Waals surface area contributed by atoms with E-state index < -0.39 is 43.6 Å². The number of nitrogens with one attached hydrogen (secondary N) is 1. The third kappa shape index (κ3) is 8.88. The summed E-state index contributed by atoms with van der Waals surface area (Å²) in [5, 5.41) is 42.0. The summed E-state index contributed by atoms with van der Waals surface area (Å²) in [5.74, 6) is -0.432. The molecule has 0 aromatic rings. The van der Waals surface area contributed by atoms with Crippen molar-refractivity contribution in [2.45, 2.75) is 45.3 Å². The summed E-state index contributed by atoms with van der Waals surface area (Å²) in [6, 6.07) is 0. The number of alkyl halides is 1. The Morgan fingerprint density at radius 2 is 1.91 bits per heavy atom. The van der Waals surface area contributed by atoms with Gasteiger partial charge in [0.1, 0.15) is 18.3 Å². The van der Waals surface area contributed by atoms with Crippen LogP contribution in [0, 0.1) is 5.41 Å². The van der Waals surface area contributed by atoms with E-state index in [4.69, 9.17) is 10.2 Å². The molecule has 22 heavy (non-hydrogen) atoms. The van der Waals surface area contributed by atoms with Gasteiger partial charge >= 0.3 is 0 Å². The summed E-state index contributed by atoms with van der Waals surface area (Å²) in [4.78, 5) is 15.9. The minimum atomic E-state index is -2.13. The summed E-state index contributed by atoms with van der Waals surface area (Å²) < 4.78 is 13.4. The van der Waals surface area contributed by atoms with Crippen molar-refractivity contribution in [3.63, 3.8) is 0 Å². The molecule has 0 spiro atoms. The van der Waals surface area contributed by atoms with E-state index in [1.807, 2.05) is 20.8 Å². The Morgan fingerprint density at radius 1 is 1.32 bits per heavy atom. The molecular weight excluding hydrogens is 299 g/mol. The zero-order chi connectivity index (χ0) is 17.3. The van der Waals surface area contributed by atoms with E-state index in [9.17, 15) is 19.4 Å². The van der Waals surface area contributed by atoms with Crippen LogP contribution in [0.2, 0.25) is 0 Å². The Balaban J connectivity index is 4.09. The fourth-order valence-corrected chi connectivity index (χ4v) is 1.22. The van der Waals surface area contributed by atoms with Crippen molar-refractivity contribution in [1.29, 1.82) is 0 Å². The normalized spacial score (nSPS) is 17.8. The molecule has 0 saturated carbocycles. The predicted octanol–water partition coefficient (Wildman–Crippen LogP) is -1.44. The van der Waals surface area contributed by atoms with Gasteiger partial charge in [-0.2, -0.15) is 0 Å². The molecule has 4 unspecified atom stereocenters. The zero-order valence-corrected chi connectivity index (χ0v) is 12.9. The minimum absolute atomic E-state index is 0.0866. The predicted molar refractivity (Wildman–Crippen MR) is 76.9 cm³/mol. The maximum Gasteiger partial charge on any atom is 0.260 e. The van der Waals surface area contributed by atoms with Crippen LogP contribution in [0.4, 0.5) is 4.39 Å². The van der Waals surface area contributed by atoms with Crippen LogP contribution in [0.15, 0.2) is 5.16 Å². The van der Waals surface area contributed by atoms with Gasteiger partial charge in [0.25, 0.3) is 5.91 Å². The SMILES string of the molecule is CC(C)(C)CNC(=O)CO/N=C/C(F)C(O)C(O)C(O)CO. The van der Waals surface area contributed by atoms with Crippen molar-refractivity contribution in [3.05, 3.63) is 0 Å². The number of carbonyl (C=O) groups is 1. The summed E-state index contributed by atoms with van der Waals surface area (Å²) in [7, 11) is 0. The van der Waals surface area contributed by atoms with Crippen molar-refractivity contribution in [2.24, 2.45) is 10.6 Å². The van der Waals surface area contributed by atoms with Gasteiger partial charge in [-0.05, 0) is 5.41 Å². The van der Waals surface area contributed by atoms with E-state index in [2.05, 4.69) is 15.3 Å². The summed E-state index contributed by atoms with van der Waals surface area (Å²) in [6.07, 6.45) is -7.11. The lowest BCUT2D eigenvalue weighted by Gasteiger charge is -2.22. The van der Waals surface area contributed by atoms with E-state index in [-0.39, 0.29) is 5.41 Å². The van der Waals surface area contributed by atoms with Crippen molar-refractivity contribution in [2.75, 3.05) is 19.8 Å².